The van der Waals surface area contributed by atoms with E-state index < -0.39 is 0 Å². The molecule has 0 bridgehead atoms. The molecule has 2 heterocycles. The first-order valence-corrected chi connectivity index (χ1v) is 7.96. The fourth-order valence-corrected chi connectivity index (χ4v) is 2.80. The Morgan fingerprint density at radius 3 is 2.89 bits per heavy atom. The number of hydrogen-bond acceptors (Lipinski definition) is 5. The second-order valence-electron chi connectivity index (χ2n) is 4.19. The molecule has 0 aliphatic carbocycles. The van der Waals surface area contributed by atoms with Gasteiger partial charge in [0.2, 0.25) is 0 Å². The van der Waals surface area contributed by atoms with Gasteiger partial charge < -0.3 is 10.6 Å². The number of para-hydroxylation sites is 1. The lowest BCUT2D eigenvalue weighted by Crippen LogP contribution is -2.03. The summed E-state index contributed by atoms with van der Waals surface area (Å²) in [6.45, 7) is 1.63. The number of thioether (sulfide) groups is 1. The Labute approximate surface area is 124 Å². The van der Waals surface area contributed by atoms with Crippen molar-refractivity contribution in [3.8, 4) is 0 Å². The van der Waals surface area contributed by atoms with E-state index in [1.54, 1.807) is 11.8 Å². The lowest BCUT2D eigenvalue weighted by molar-refractivity contribution is 0.754. The van der Waals surface area contributed by atoms with Crippen LogP contribution in [-0.2, 0) is 13.1 Å². The first-order chi connectivity index (χ1) is 9.28. The highest BCUT2D eigenvalue weighted by molar-refractivity contribution is 9.10. The molecule has 1 aliphatic heterocycles. The van der Waals surface area contributed by atoms with E-state index in [0.29, 0.717) is 0 Å². The predicted octanol–water partition coefficient (Wildman–Crippen LogP) is 3.31. The van der Waals surface area contributed by atoms with Crippen molar-refractivity contribution in [2.75, 3.05) is 11.6 Å². The molecule has 0 spiro atoms. The van der Waals surface area contributed by atoms with Gasteiger partial charge in [-0.2, -0.15) is 0 Å². The molecule has 0 saturated carbocycles. The Hall–Kier alpha value is -1.11. The van der Waals surface area contributed by atoms with Crippen molar-refractivity contribution in [2.45, 2.75) is 18.2 Å². The zero-order valence-electron chi connectivity index (χ0n) is 10.4. The molecular weight excluding hydrogens is 324 g/mol. The van der Waals surface area contributed by atoms with E-state index in [0.717, 1.165) is 45.5 Å². The van der Waals surface area contributed by atoms with Crippen molar-refractivity contribution in [1.82, 2.24) is 15.3 Å². The van der Waals surface area contributed by atoms with Crippen LogP contribution in [-0.4, -0.2) is 16.2 Å². The van der Waals surface area contributed by atoms with E-state index >= 15 is 0 Å². The molecular formula is C13H13BrN4S. The molecule has 1 aromatic carbocycles. The smallest absolute Gasteiger partial charge is 0.189 e. The summed E-state index contributed by atoms with van der Waals surface area (Å²) in [6.07, 6.45) is 1.99. The maximum Gasteiger partial charge on any atom is 0.189 e. The molecule has 1 aliphatic rings. The highest BCUT2D eigenvalue weighted by Gasteiger charge is 2.19. The molecule has 0 unspecified atom stereocenters. The van der Waals surface area contributed by atoms with E-state index in [1.165, 1.54) is 0 Å². The van der Waals surface area contributed by atoms with Gasteiger partial charge in [0.15, 0.2) is 5.16 Å². The normalized spacial score (nSPS) is 13.4. The minimum Gasteiger partial charge on any atom is -0.339 e. The molecule has 0 atom stereocenters. The van der Waals surface area contributed by atoms with Crippen molar-refractivity contribution in [2.24, 2.45) is 0 Å². The first kappa shape index (κ1) is 12.9. The third-order valence-corrected chi connectivity index (χ3v) is 4.22. The molecule has 0 saturated heterocycles. The molecule has 4 nitrogen and oxygen atoms in total. The highest BCUT2D eigenvalue weighted by atomic mass is 79.9. The Kier molecular flexibility index (Phi) is 3.72. The van der Waals surface area contributed by atoms with Gasteiger partial charge in [-0.15, -0.1) is 0 Å². The van der Waals surface area contributed by atoms with Gasteiger partial charge in [-0.05, 0) is 34.3 Å². The highest BCUT2D eigenvalue weighted by Crippen LogP contribution is 2.29. The zero-order valence-corrected chi connectivity index (χ0v) is 12.8. The summed E-state index contributed by atoms with van der Waals surface area (Å²) < 4.78 is 1.03. The van der Waals surface area contributed by atoms with Crippen LogP contribution in [0.5, 0.6) is 0 Å². The Bertz CT molecular complexity index is 618. The Balaban J connectivity index is 2.01. The van der Waals surface area contributed by atoms with Gasteiger partial charge in [0.1, 0.15) is 5.82 Å². The number of halogens is 1. The SMILES string of the molecule is CSc1nc2c(c(Nc3ccccc3Br)n1)CNC2. The fraction of sp³-hybridized carbons (Fsp3) is 0.231. The van der Waals surface area contributed by atoms with Gasteiger partial charge in [-0.25, -0.2) is 9.97 Å². The number of anilines is 2. The quantitative estimate of drug-likeness (QED) is 0.665. The van der Waals surface area contributed by atoms with Crippen LogP contribution in [0.25, 0.3) is 0 Å². The maximum atomic E-state index is 4.58. The van der Waals surface area contributed by atoms with Crippen LogP contribution in [0.15, 0.2) is 33.9 Å². The van der Waals surface area contributed by atoms with Gasteiger partial charge in [-0.3, -0.25) is 0 Å². The molecule has 19 heavy (non-hydrogen) atoms. The van der Waals surface area contributed by atoms with E-state index in [1.807, 2.05) is 30.5 Å². The fourth-order valence-electron chi connectivity index (χ4n) is 2.03. The van der Waals surface area contributed by atoms with Gasteiger partial charge in [0, 0.05) is 23.1 Å². The van der Waals surface area contributed by atoms with Gasteiger partial charge >= 0.3 is 0 Å². The third kappa shape index (κ3) is 2.61. The summed E-state index contributed by atoms with van der Waals surface area (Å²) in [5.74, 6) is 0.895. The largest absolute Gasteiger partial charge is 0.339 e. The summed E-state index contributed by atoms with van der Waals surface area (Å²) in [4.78, 5) is 9.11. The van der Waals surface area contributed by atoms with Crippen molar-refractivity contribution < 1.29 is 0 Å². The van der Waals surface area contributed by atoms with Crippen LogP contribution >= 0.6 is 27.7 Å². The molecule has 6 heteroatoms. The summed E-state index contributed by atoms with van der Waals surface area (Å²) >= 11 is 5.11. The average molecular weight is 337 g/mol. The minimum absolute atomic E-state index is 0.803. The molecule has 0 radical (unpaired) electrons. The molecule has 3 rings (SSSR count). The maximum absolute atomic E-state index is 4.58. The number of benzene rings is 1. The van der Waals surface area contributed by atoms with Crippen LogP contribution in [0.2, 0.25) is 0 Å². The van der Waals surface area contributed by atoms with E-state index in [9.17, 15) is 0 Å². The minimum atomic E-state index is 0.803. The standard InChI is InChI=1S/C13H13BrN4S/c1-19-13-17-11-7-15-6-8(11)12(18-13)16-10-5-3-2-4-9(10)14/h2-5,15H,6-7H2,1H3,(H,16,17,18). The summed E-state index contributed by atoms with van der Waals surface area (Å²) in [5, 5.41) is 7.52. The number of hydrogen-bond donors (Lipinski definition) is 2. The number of nitrogens with zero attached hydrogens (tertiary/aromatic N) is 2. The predicted molar refractivity (Wildman–Crippen MR) is 81.8 cm³/mol. The van der Waals surface area contributed by atoms with Crippen molar-refractivity contribution in [1.29, 1.82) is 0 Å². The number of aromatic nitrogens is 2. The second-order valence-corrected chi connectivity index (χ2v) is 5.82. The van der Waals surface area contributed by atoms with Gasteiger partial charge in [0.05, 0.1) is 11.4 Å². The lowest BCUT2D eigenvalue weighted by Gasteiger charge is -2.12. The van der Waals surface area contributed by atoms with Gasteiger partial charge in [0.25, 0.3) is 0 Å². The van der Waals surface area contributed by atoms with Crippen molar-refractivity contribution in [3.05, 3.63) is 40.0 Å². The lowest BCUT2D eigenvalue weighted by atomic mass is 10.2. The summed E-state index contributed by atoms with van der Waals surface area (Å²) in [7, 11) is 0. The Morgan fingerprint density at radius 1 is 1.26 bits per heavy atom. The third-order valence-electron chi connectivity index (χ3n) is 2.98. The molecule has 0 amide bonds. The number of nitrogens with one attached hydrogen (secondary N) is 2. The van der Waals surface area contributed by atoms with E-state index in [2.05, 4.69) is 36.5 Å². The van der Waals surface area contributed by atoms with Crippen LogP contribution in [0, 0.1) is 0 Å². The second kappa shape index (κ2) is 5.48. The Morgan fingerprint density at radius 2 is 2.11 bits per heavy atom. The van der Waals surface area contributed by atoms with Crippen LogP contribution in [0.1, 0.15) is 11.3 Å². The molecule has 1 aromatic heterocycles. The van der Waals surface area contributed by atoms with Gasteiger partial charge in [-0.1, -0.05) is 23.9 Å². The molecule has 98 valence electrons. The molecule has 2 N–H and O–H groups in total. The topological polar surface area (TPSA) is 49.8 Å². The monoisotopic (exact) mass is 336 g/mol. The summed E-state index contributed by atoms with van der Waals surface area (Å²) in [5.41, 5.74) is 3.27. The number of rotatable bonds is 3. The molecule has 0 fully saturated rings. The number of fused-ring (bicyclic) bond motifs is 1. The molecule has 2 aromatic rings. The first-order valence-electron chi connectivity index (χ1n) is 5.94. The van der Waals surface area contributed by atoms with Crippen molar-refractivity contribution >= 4 is 39.2 Å². The zero-order chi connectivity index (χ0) is 13.2. The van der Waals surface area contributed by atoms with Crippen molar-refractivity contribution in [3.63, 3.8) is 0 Å². The van der Waals surface area contributed by atoms with E-state index in [-0.39, 0.29) is 0 Å². The van der Waals surface area contributed by atoms with E-state index in [4.69, 9.17) is 0 Å². The average Bonchev–Trinajstić information content (AvgIpc) is 2.89. The van der Waals surface area contributed by atoms with Crippen LogP contribution < -0.4 is 10.6 Å². The van der Waals surface area contributed by atoms with Crippen LogP contribution in [0.3, 0.4) is 0 Å². The van der Waals surface area contributed by atoms with Crippen LogP contribution in [0.4, 0.5) is 11.5 Å². The summed E-state index contributed by atoms with van der Waals surface area (Å²) in [6, 6.07) is 8.04.